The summed E-state index contributed by atoms with van der Waals surface area (Å²) in [6, 6.07) is 9.84. The number of rotatable bonds is 10. The lowest BCUT2D eigenvalue weighted by Crippen LogP contribution is -2.26. The second-order valence-electron chi connectivity index (χ2n) is 11.8. The lowest BCUT2D eigenvalue weighted by Gasteiger charge is -2.20. The van der Waals surface area contributed by atoms with Crippen LogP contribution in [0.1, 0.15) is 83.8 Å². The van der Waals surface area contributed by atoms with Crippen LogP contribution in [-0.4, -0.2) is 30.9 Å². The number of Topliss-reactive ketones (excluding diaryl/α,β-unsaturated/α-hetero) is 1. The second kappa shape index (κ2) is 13.5. The zero-order valence-electron chi connectivity index (χ0n) is 25.3. The van der Waals surface area contributed by atoms with Gasteiger partial charge >= 0.3 is 11.9 Å². The van der Waals surface area contributed by atoms with Gasteiger partial charge in [0.15, 0.2) is 5.76 Å². The molecule has 0 fully saturated rings. The number of benzene rings is 2. The number of ketones is 1. The van der Waals surface area contributed by atoms with E-state index >= 15 is 0 Å². The summed E-state index contributed by atoms with van der Waals surface area (Å²) in [7, 11) is 1.42. The van der Waals surface area contributed by atoms with Gasteiger partial charge in [0, 0.05) is 17.2 Å². The van der Waals surface area contributed by atoms with Crippen molar-refractivity contribution in [3.05, 3.63) is 71.0 Å². The third kappa shape index (κ3) is 9.11. The maximum atomic E-state index is 13.4. The molecule has 0 spiro atoms. The van der Waals surface area contributed by atoms with E-state index in [9.17, 15) is 14.4 Å². The number of carbonyl (C=O) groups is 3. The van der Waals surface area contributed by atoms with Crippen molar-refractivity contribution in [2.24, 2.45) is 10.8 Å². The van der Waals surface area contributed by atoms with Crippen LogP contribution in [-0.2, 0) is 20.7 Å². The smallest absolute Gasteiger partial charge is 0.316 e. The predicted octanol–water partition coefficient (Wildman–Crippen LogP) is 7.37. The van der Waals surface area contributed by atoms with Crippen molar-refractivity contribution in [3.63, 3.8) is 0 Å². The Balaban J connectivity index is 2.52. The van der Waals surface area contributed by atoms with Gasteiger partial charge in [-0.1, -0.05) is 12.2 Å². The topological polar surface area (TPSA) is 88.1 Å². The van der Waals surface area contributed by atoms with Crippen LogP contribution in [0.5, 0.6) is 17.2 Å². The summed E-state index contributed by atoms with van der Waals surface area (Å²) in [4.78, 5) is 38.2. The Morgan fingerprint density at radius 1 is 0.850 bits per heavy atom. The molecule has 2 aromatic rings. The maximum Gasteiger partial charge on any atom is 0.316 e. The van der Waals surface area contributed by atoms with Crippen molar-refractivity contribution in [3.8, 4) is 17.2 Å². The Kier molecular flexibility index (Phi) is 10.9. The summed E-state index contributed by atoms with van der Waals surface area (Å²) in [6.45, 7) is 16.4. The van der Waals surface area contributed by atoms with Gasteiger partial charge in [-0.15, -0.1) is 0 Å². The SMILES string of the molecule is CC=CCc1cc(C=C(OC)C(=O)c2ccc(OC(=O)C(C)(C)C)cc2)c(OC(C)C)cc1OC(=O)C(C)(C)C. The fraction of sp³-hybridized carbons (Fsp3) is 0.424. The summed E-state index contributed by atoms with van der Waals surface area (Å²) in [5, 5.41) is 0. The molecule has 0 saturated carbocycles. The molecule has 216 valence electrons. The van der Waals surface area contributed by atoms with Gasteiger partial charge in [-0.25, -0.2) is 0 Å². The van der Waals surface area contributed by atoms with Crippen LogP contribution in [0.4, 0.5) is 0 Å². The number of carbonyl (C=O) groups excluding carboxylic acids is 3. The molecule has 0 aliphatic carbocycles. The third-order valence-electron chi connectivity index (χ3n) is 5.61. The van der Waals surface area contributed by atoms with Gasteiger partial charge in [0.25, 0.3) is 0 Å². The highest BCUT2D eigenvalue weighted by molar-refractivity contribution is 6.10. The van der Waals surface area contributed by atoms with E-state index in [1.807, 2.05) is 39.0 Å². The van der Waals surface area contributed by atoms with E-state index in [0.717, 1.165) is 5.56 Å². The maximum absolute atomic E-state index is 13.4. The molecule has 0 atom stereocenters. The molecule has 0 N–H and O–H groups in total. The molecule has 7 nitrogen and oxygen atoms in total. The van der Waals surface area contributed by atoms with Gasteiger partial charge in [0.05, 0.1) is 24.0 Å². The van der Waals surface area contributed by atoms with E-state index in [4.69, 9.17) is 18.9 Å². The molecule has 0 radical (unpaired) electrons. The largest absolute Gasteiger partial charge is 0.493 e. The van der Waals surface area contributed by atoms with E-state index in [1.165, 1.54) is 7.11 Å². The summed E-state index contributed by atoms with van der Waals surface area (Å²) in [5.41, 5.74) is 0.379. The molecule has 0 amide bonds. The molecule has 0 bridgehead atoms. The number of hydrogen-bond acceptors (Lipinski definition) is 7. The minimum Gasteiger partial charge on any atom is -0.493 e. The van der Waals surface area contributed by atoms with E-state index in [0.29, 0.717) is 34.8 Å². The molecule has 0 aliphatic heterocycles. The van der Waals surface area contributed by atoms with Gasteiger partial charge in [0.1, 0.15) is 17.2 Å². The van der Waals surface area contributed by atoms with Crippen LogP contribution in [0.2, 0.25) is 0 Å². The lowest BCUT2D eigenvalue weighted by molar-refractivity contribution is -0.143. The number of methoxy groups -OCH3 is 1. The highest BCUT2D eigenvalue weighted by Gasteiger charge is 2.26. The average Bonchev–Trinajstić information content (AvgIpc) is 2.86. The Labute approximate surface area is 238 Å². The van der Waals surface area contributed by atoms with Crippen molar-refractivity contribution >= 4 is 23.8 Å². The average molecular weight is 551 g/mol. The molecule has 0 aromatic heterocycles. The number of ether oxygens (including phenoxy) is 4. The Hall–Kier alpha value is -3.87. The second-order valence-corrected chi connectivity index (χ2v) is 11.8. The molecule has 2 aromatic carbocycles. The van der Waals surface area contributed by atoms with E-state index in [1.54, 1.807) is 78.0 Å². The molecule has 2 rings (SSSR count). The van der Waals surface area contributed by atoms with Crippen LogP contribution < -0.4 is 14.2 Å². The first kappa shape index (κ1) is 32.3. The number of hydrogen-bond donors (Lipinski definition) is 0. The monoisotopic (exact) mass is 550 g/mol. The molecule has 0 saturated heterocycles. The number of allylic oxidation sites excluding steroid dienone is 3. The highest BCUT2D eigenvalue weighted by atomic mass is 16.5. The molecular formula is C33H42O7. The third-order valence-corrected chi connectivity index (χ3v) is 5.61. The van der Waals surface area contributed by atoms with Crippen molar-refractivity contribution in [2.75, 3.05) is 7.11 Å². The number of esters is 2. The van der Waals surface area contributed by atoms with Gasteiger partial charge in [-0.2, -0.15) is 0 Å². The van der Waals surface area contributed by atoms with Crippen LogP contribution in [0, 0.1) is 10.8 Å². The van der Waals surface area contributed by atoms with Crippen LogP contribution in [0.15, 0.2) is 54.3 Å². The summed E-state index contributed by atoms with van der Waals surface area (Å²) in [5.74, 6) is 0.194. The Morgan fingerprint density at radius 2 is 1.43 bits per heavy atom. The summed E-state index contributed by atoms with van der Waals surface area (Å²) < 4.78 is 22.7. The normalized spacial score (nSPS) is 12.4. The molecular weight excluding hydrogens is 508 g/mol. The van der Waals surface area contributed by atoms with Crippen molar-refractivity contribution in [1.82, 2.24) is 0 Å². The predicted molar refractivity (Wildman–Crippen MR) is 157 cm³/mol. The minimum absolute atomic E-state index is 0.0875. The first-order valence-corrected chi connectivity index (χ1v) is 13.4. The molecule has 0 aliphatic rings. The molecule has 7 heteroatoms. The quantitative estimate of drug-likeness (QED) is 0.0762. The zero-order chi connectivity index (χ0) is 30.3. The van der Waals surface area contributed by atoms with Gasteiger partial charge in [-0.05, 0) is 111 Å². The Morgan fingerprint density at radius 3 is 1.93 bits per heavy atom. The van der Waals surface area contributed by atoms with Crippen molar-refractivity contribution in [2.45, 2.75) is 74.8 Å². The van der Waals surface area contributed by atoms with Crippen LogP contribution in [0.25, 0.3) is 6.08 Å². The first-order chi connectivity index (χ1) is 18.6. The summed E-state index contributed by atoms with van der Waals surface area (Å²) >= 11 is 0. The van der Waals surface area contributed by atoms with E-state index in [-0.39, 0.29) is 29.6 Å². The van der Waals surface area contributed by atoms with Gasteiger partial charge in [0.2, 0.25) is 5.78 Å². The molecule has 40 heavy (non-hydrogen) atoms. The van der Waals surface area contributed by atoms with Gasteiger partial charge in [-0.3, -0.25) is 14.4 Å². The van der Waals surface area contributed by atoms with Crippen molar-refractivity contribution < 1.29 is 33.3 Å². The van der Waals surface area contributed by atoms with Crippen LogP contribution >= 0.6 is 0 Å². The molecule has 0 heterocycles. The van der Waals surface area contributed by atoms with Crippen molar-refractivity contribution in [1.29, 1.82) is 0 Å². The summed E-state index contributed by atoms with van der Waals surface area (Å²) in [6.07, 6.45) is 5.82. The van der Waals surface area contributed by atoms with E-state index in [2.05, 4.69) is 0 Å². The highest BCUT2D eigenvalue weighted by Crippen LogP contribution is 2.34. The Bertz CT molecular complexity index is 1270. The lowest BCUT2D eigenvalue weighted by atomic mass is 9.97. The van der Waals surface area contributed by atoms with E-state index < -0.39 is 10.8 Å². The zero-order valence-corrected chi connectivity index (χ0v) is 25.3. The standard InChI is InChI=1S/C33H42O7/c1-11-12-13-23-18-24(27(38-21(2)3)20-26(23)40-31(36)33(7,8)9)19-28(37-10)29(34)22-14-16-25(17-15-22)39-30(35)32(4,5)6/h11-12,14-21H,13H2,1-10H3. The first-order valence-electron chi connectivity index (χ1n) is 13.4. The molecule has 0 unspecified atom stereocenters. The minimum atomic E-state index is -0.689. The fourth-order valence-electron chi connectivity index (χ4n) is 3.28. The van der Waals surface area contributed by atoms with Gasteiger partial charge < -0.3 is 18.9 Å². The fourth-order valence-corrected chi connectivity index (χ4v) is 3.28. The van der Waals surface area contributed by atoms with Crippen LogP contribution in [0.3, 0.4) is 0 Å².